The van der Waals surface area contributed by atoms with E-state index in [0.717, 1.165) is 77.0 Å². The maximum Gasteiger partial charge on any atom is 0.306 e. The van der Waals surface area contributed by atoms with Crippen molar-refractivity contribution in [1.82, 2.24) is 0 Å². The predicted molar refractivity (Wildman–Crippen MR) is 346 cm³/mol. The van der Waals surface area contributed by atoms with Crippen LogP contribution in [-0.2, 0) is 32.7 Å². The van der Waals surface area contributed by atoms with Crippen molar-refractivity contribution in [1.29, 1.82) is 0 Å². The van der Waals surface area contributed by atoms with E-state index in [1.807, 2.05) is 21.1 Å². The Bertz CT molecular complexity index is 1600. The number of unbranched alkanes of at least 4 members (excludes halogenated alkanes) is 37. The van der Waals surface area contributed by atoms with Crippen LogP contribution in [0.1, 0.15) is 316 Å². The summed E-state index contributed by atoms with van der Waals surface area (Å²) < 4.78 is 34.3. The SMILES string of the molecule is CC/C=C\C/C=C\C/C=C\C/C=C\C/C=C\C/C=C\CCCCCCCCCCCCCCCCCCC(=O)OC(COC(=O)CCCCCCCCCCCCCCCCCCCCCCCC)COP(=O)([O-])OCC[N+](C)(C)C. The first kappa shape index (κ1) is 78.5. The molecule has 0 aliphatic rings. The number of phosphoric ester groups is 1. The molecule has 0 heterocycles. The number of nitrogens with zero attached hydrogens (tertiary/aromatic N) is 1. The third-order valence-corrected chi connectivity index (χ3v) is 16.0. The Hall–Kier alpha value is -2.55. The number of ether oxygens (including phenoxy) is 2. The highest BCUT2D eigenvalue weighted by Gasteiger charge is 2.22. The van der Waals surface area contributed by atoms with Crippen LogP contribution in [0.5, 0.6) is 0 Å². The fraction of sp³-hybridized carbons (Fsp3) is 0.803. The summed E-state index contributed by atoms with van der Waals surface area (Å²) in [4.78, 5) is 38.0. The van der Waals surface area contributed by atoms with Gasteiger partial charge in [0.25, 0.3) is 7.82 Å². The highest BCUT2D eigenvalue weighted by Crippen LogP contribution is 2.38. The van der Waals surface area contributed by atoms with Gasteiger partial charge in [-0.2, -0.15) is 0 Å². The smallest absolute Gasteiger partial charge is 0.306 e. The van der Waals surface area contributed by atoms with Crippen LogP contribution in [0.2, 0.25) is 0 Å². The molecule has 2 unspecified atom stereocenters. The molecule has 0 bridgehead atoms. The van der Waals surface area contributed by atoms with Gasteiger partial charge in [-0.25, -0.2) is 0 Å². The van der Waals surface area contributed by atoms with E-state index in [1.54, 1.807) is 0 Å². The molecule has 0 aromatic carbocycles. The van der Waals surface area contributed by atoms with Crippen molar-refractivity contribution < 1.29 is 42.1 Å². The average molecular weight is 1160 g/mol. The van der Waals surface area contributed by atoms with Gasteiger partial charge in [-0.15, -0.1) is 0 Å². The van der Waals surface area contributed by atoms with Crippen molar-refractivity contribution in [2.24, 2.45) is 0 Å². The minimum absolute atomic E-state index is 0.0300. The molecule has 9 nitrogen and oxygen atoms in total. The van der Waals surface area contributed by atoms with Crippen LogP contribution in [0.4, 0.5) is 0 Å². The van der Waals surface area contributed by atoms with Gasteiger partial charge in [-0.05, 0) is 64.2 Å². The van der Waals surface area contributed by atoms with E-state index in [-0.39, 0.29) is 32.0 Å². The van der Waals surface area contributed by atoms with Gasteiger partial charge in [-0.1, -0.05) is 311 Å². The number of carbonyl (C=O) groups excluding carboxylic acids is 2. The minimum Gasteiger partial charge on any atom is -0.756 e. The van der Waals surface area contributed by atoms with Crippen molar-refractivity contribution in [2.75, 3.05) is 47.5 Å². The maximum atomic E-state index is 12.9. The number of carbonyl (C=O) groups is 2. The molecular weight excluding hydrogens is 1030 g/mol. The molecule has 0 aromatic heterocycles. The van der Waals surface area contributed by atoms with E-state index in [9.17, 15) is 19.0 Å². The van der Waals surface area contributed by atoms with Crippen LogP contribution in [-0.4, -0.2) is 70.0 Å². The minimum atomic E-state index is -4.64. The monoisotopic (exact) mass is 1160 g/mol. The standard InChI is InChI=1S/C71H130NO8P/c1-6-8-10-12-14-16-18-20-22-24-26-28-30-31-32-33-34-35-36-37-38-39-40-41-42-44-46-48-50-52-54-56-58-60-62-64-71(74)80-69(68-79-81(75,76)78-66-65-72(3,4)5)67-77-70(73)63-61-59-57-55-53-51-49-47-45-43-29-27-25-23-21-19-17-15-13-11-9-7-2/h8,10,14,16,20,22,26,28,31-32,34-35,69H,6-7,9,11-13,15,17-19,21,23-25,27,29-30,33,36-68H2,1-5H3/b10-8-,16-14-,22-20-,28-26-,32-31-,35-34-. The number of rotatable bonds is 63. The lowest BCUT2D eigenvalue weighted by Gasteiger charge is -2.28. The molecule has 472 valence electrons. The van der Waals surface area contributed by atoms with Gasteiger partial charge in [0.2, 0.25) is 0 Å². The summed E-state index contributed by atoms with van der Waals surface area (Å²) in [5.74, 6) is -0.818. The Labute approximate surface area is 501 Å². The quantitative estimate of drug-likeness (QED) is 0.0195. The van der Waals surface area contributed by atoms with E-state index < -0.39 is 26.5 Å². The van der Waals surface area contributed by atoms with Crippen LogP contribution < -0.4 is 4.89 Å². The van der Waals surface area contributed by atoms with Gasteiger partial charge in [0.15, 0.2) is 6.10 Å². The summed E-state index contributed by atoms with van der Waals surface area (Å²) in [6.45, 7) is 4.18. The number of quaternary nitrogens is 1. The van der Waals surface area contributed by atoms with Gasteiger partial charge < -0.3 is 27.9 Å². The normalized spacial score (nSPS) is 13.6. The molecule has 0 rings (SSSR count). The second-order valence-corrected chi connectivity index (χ2v) is 25.6. The molecular formula is C71H130NO8P. The Morgan fingerprint density at radius 3 is 1.05 bits per heavy atom. The zero-order chi connectivity index (χ0) is 59.1. The van der Waals surface area contributed by atoms with Crippen molar-refractivity contribution in [3.63, 3.8) is 0 Å². The Kier molecular flexibility index (Phi) is 60.0. The van der Waals surface area contributed by atoms with E-state index in [2.05, 4.69) is 86.8 Å². The Morgan fingerprint density at radius 2 is 0.704 bits per heavy atom. The summed E-state index contributed by atoms with van der Waals surface area (Å²) >= 11 is 0. The lowest BCUT2D eigenvalue weighted by molar-refractivity contribution is -0.870. The molecule has 0 N–H and O–H groups in total. The van der Waals surface area contributed by atoms with Gasteiger partial charge in [0, 0.05) is 12.8 Å². The van der Waals surface area contributed by atoms with Gasteiger partial charge in [0.1, 0.15) is 19.8 Å². The van der Waals surface area contributed by atoms with Crippen LogP contribution in [0.3, 0.4) is 0 Å². The third kappa shape index (κ3) is 66.5. The highest BCUT2D eigenvalue weighted by molar-refractivity contribution is 7.45. The Morgan fingerprint density at radius 1 is 0.395 bits per heavy atom. The summed E-state index contributed by atoms with van der Waals surface area (Å²) in [6.07, 6.45) is 82.6. The van der Waals surface area contributed by atoms with E-state index in [1.165, 1.54) is 205 Å². The van der Waals surface area contributed by atoms with E-state index in [4.69, 9.17) is 18.5 Å². The first-order chi connectivity index (χ1) is 39.5. The van der Waals surface area contributed by atoms with Crippen molar-refractivity contribution in [3.8, 4) is 0 Å². The molecule has 0 aliphatic carbocycles. The molecule has 10 heteroatoms. The number of phosphoric acid groups is 1. The van der Waals surface area contributed by atoms with Gasteiger partial charge in [-0.3, -0.25) is 14.2 Å². The van der Waals surface area contributed by atoms with E-state index in [0.29, 0.717) is 17.4 Å². The molecule has 0 aliphatic heterocycles. The van der Waals surface area contributed by atoms with Crippen molar-refractivity contribution in [3.05, 3.63) is 72.9 Å². The van der Waals surface area contributed by atoms with Crippen molar-refractivity contribution in [2.45, 2.75) is 322 Å². The van der Waals surface area contributed by atoms with E-state index >= 15 is 0 Å². The summed E-state index contributed by atoms with van der Waals surface area (Å²) in [5, 5.41) is 0. The zero-order valence-corrected chi connectivity index (χ0v) is 54.6. The molecule has 0 amide bonds. The fourth-order valence-electron chi connectivity index (χ4n) is 9.78. The van der Waals surface area contributed by atoms with Gasteiger partial charge >= 0.3 is 11.9 Å². The second kappa shape index (κ2) is 62.0. The van der Waals surface area contributed by atoms with Crippen LogP contribution in [0.15, 0.2) is 72.9 Å². The molecule has 0 spiro atoms. The summed E-state index contributed by atoms with van der Waals surface area (Å²) in [7, 11) is 1.18. The number of esters is 2. The molecule has 0 fully saturated rings. The first-order valence-electron chi connectivity index (χ1n) is 34.1. The summed E-state index contributed by atoms with van der Waals surface area (Å²) in [6, 6.07) is 0. The predicted octanol–water partition coefficient (Wildman–Crippen LogP) is 21.4. The maximum absolute atomic E-state index is 12.9. The third-order valence-electron chi connectivity index (χ3n) is 15.0. The van der Waals surface area contributed by atoms with Crippen molar-refractivity contribution >= 4 is 19.8 Å². The zero-order valence-electron chi connectivity index (χ0n) is 53.7. The lowest BCUT2D eigenvalue weighted by atomic mass is 10.0. The average Bonchev–Trinajstić information content (AvgIpc) is 3.43. The molecule has 0 radical (unpaired) electrons. The first-order valence-corrected chi connectivity index (χ1v) is 35.6. The van der Waals surface area contributed by atoms with Crippen LogP contribution in [0.25, 0.3) is 0 Å². The molecule has 0 aromatic rings. The molecule has 81 heavy (non-hydrogen) atoms. The number of likely N-dealkylation sites (N-methyl/N-ethyl adjacent to an activating group) is 1. The highest BCUT2D eigenvalue weighted by atomic mass is 31.2. The largest absolute Gasteiger partial charge is 0.756 e. The fourth-order valence-corrected chi connectivity index (χ4v) is 10.5. The Balaban J connectivity index is 4.02. The molecule has 0 saturated heterocycles. The topological polar surface area (TPSA) is 111 Å². The lowest BCUT2D eigenvalue weighted by Crippen LogP contribution is -2.37. The number of hydrogen-bond donors (Lipinski definition) is 0. The second-order valence-electron chi connectivity index (χ2n) is 24.2. The summed E-state index contributed by atoms with van der Waals surface area (Å²) in [5.41, 5.74) is 0. The number of hydrogen-bond acceptors (Lipinski definition) is 8. The van der Waals surface area contributed by atoms with Gasteiger partial charge in [0.05, 0.1) is 27.7 Å². The number of allylic oxidation sites excluding steroid dienone is 12. The molecule has 0 saturated carbocycles. The van der Waals surface area contributed by atoms with Crippen LogP contribution in [0, 0.1) is 0 Å². The molecule has 2 atom stereocenters. The van der Waals surface area contributed by atoms with Crippen LogP contribution >= 0.6 is 7.82 Å².